The summed E-state index contributed by atoms with van der Waals surface area (Å²) in [5.74, 6) is 2.39. The molecule has 1 aliphatic heterocycles. The molecule has 1 aromatic carbocycles. The van der Waals surface area contributed by atoms with E-state index in [1.54, 1.807) is 0 Å². The van der Waals surface area contributed by atoms with E-state index in [0.717, 1.165) is 43.6 Å². The minimum Gasteiger partial charge on any atom is -0.372 e. The molecular weight excluding hydrogens is 310 g/mol. The van der Waals surface area contributed by atoms with Crippen molar-refractivity contribution in [2.45, 2.75) is 33.6 Å². The molecule has 134 valence electrons. The highest BCUT2D eigenvalue weighted by molar-refractivity contribution is 5.61. The second kappa shape index (κ2) is 8.19. The molecule has 1 fully saturated rings. The van der Waals surface area contributed by atoms with Gasteiger partial charge in [0.05, 0.1) is 0 Å². The Morgan fingerprint density at radius 3 is 2.60 bits per heavy atom. The number of benzene rings is 1. The van der Waals surface area contributed by atoms with Crippen molar-refractivity contribution in [1.82, 2.24) is 9.97 Å². The number of nitrogens with one attached hydrogen (secondary N) is 1. The molecule has 3 rings (SSSR count). The van der Waals surface area contributed by atoms with Crippen molar-refractivity contribution in [3.8, 4) is 0 Å². The maximum atomic E-state index is 4.71. The van der Waals surface area contributed by atoms with Crippen LogP contribution >= 0.6 is 0 Å². The maximum Gasteiger partial charge on any atom is 0.227 e. The number of nitrogens with zero attached hydrogens (tertiary/aromatic N) is 4. The van der Waals surface area contributed by atoms with E-state index in [-0.39, 0.29) is 0 Å². The van der Waals surface area contributed by atoms with Gasteiger partial charge in [0.15, 0.2) is 0 Å². The lowest BCUT2D eigenvalue weighted by Crippen LogP contribution is -2.35. The Bertz CT molecular complexity index is 666. The fourth-order valence-electron chi connectivity index (χ4n) is 3.43. The highest BCUT2D eigenvalue weighted by atomic mass is 15.3. The smallest absolute Gasteiger partial charge is 0.227 e. The minimum atomic E-state index is 0.710. The quantitative estimate of drug-likeness (QED) is 0.850. The number of anilines is 4. The molecule has 2 aromatic rings. The molecule has 1 N–H and O–H groups in total. The molecule has 1 saturated heterocycles. The molecule has 1 aliphatic rings. The third-order valence-corrected chi connectivity index (χ3v) is 4.85. The Hall–Kier alpha value is -2.30. The van der Waals surface area contributed by atoms with Crippen LogP contribution in [0.5, 0.6) is 0 Å². The predicted molar refractivity (Wildman–Crippen MR) is 106 cm³/mol. The summed E-state index contributed by atoms with van der Waals surface area (Å²) in [5.41, 5.74) is 2.30. The summed E-state index contributed by atoms with van der Waals surface area (Å²) in [4.78, 5) is 13.8. The molecule has 0 spiro atoms. The van der Waals surface area contributed by atoms with Crippen LogP contribution in [0.3, 0.4) is 0 Å². The summed E-state index contributed by atoms with van der Waals surface area (Å²) in [7, 11) is 0. The summed E-state index contributed by atoms with van der Waals surface area (Å²) in [6.07, 6.45) is 4.36. The van der Waals surface area contributed by atoms with Crippen LogP contribution in [0.2, 0.25) is 0 Å². The lowest BCUT2D eigenvalue weighted by Gasteiger charge is -2.30. The van der Waals surface area contributed by atoms with Crippen LogP contribution in [0.4, 0.5) is 23.1 Å². The second-order valence-corrected chi connectivity index (χ2v) is 6.78. The summed E-state index contributed by atoms with van der Waals surface area (Å²) < 4.78 is 0. The van der Waals surface area contributed by atoms with Crippen molar-refractivity contribution in [2.75, 3.05) is 41.3 Å². The molecule has 5 nitrogen and oxygen atoms in total. The molecule has 1 aromatic heterocycles. The van der Waals surface area contributed by atoms with Gasteiger partial charge in [-0.2, -0.15) is 4.98 Å². The lowest BCUT2D eigenvalue weighted by atomic mass is 10.0. The molecule has 0 bridgehead atoms. The van der Waals surface area contributed by atoms with Gasteiger partial charge in [-0.15, -0.1) is 0 Å². The van der Waals surface area contributed by atoms with Crippen LogP contribution in [0, 0.1) is 5.92 Å². The summed E-state index contributed by atoms with van der Waals surface area (Å²) in [6, 6.07) is 10.5. The second-order valence-electron chi connectivity index (χ2n) is 6.78. The van der Waals surface area contributed by atoms with Gasteiger partial charge in [-0.25, -0.2) is 4.98 Å². The lowest BCUT2D eigenvalue weighted by molar-refractivity contribution is 0.442. The first-order valence-corrected chi connectivity index (χ1v) is 9.39. The first-order valence-electron chi connectivity index (χ1n) is 9.39. The average molecular weight is 339 g/mol. The average Bonchev–Trinajstić information content (AvgIpc) is 2.64. The van der Waals surface area contributed by atoms with Crippen molar-refractivity contribution in [3.63, 3.8) is 0 Å². The van der Waals surface area contributed by atoms with E-state index in [2.05, 4.69) is 65.1 Å². The van der Waals surface area contributed by atoms with Gasteiger partial charge in [0.25, 0.3) is 0 Å². The van der Waals surface area contributed by atoms with Crippen molar-refractivity contribution in [2.24, 2.45) is 5.92 Å². The zero-order chi connectivity index (χ0) is 17.6. The Morgan fingerprint density at radius 2 is 1.92 bits per heavy atom. The van der Waals surface area contributed by atoms with Crippen molar-refractivity contribution < 1.29 is 0 Å². The van der Waals surface area contributed by atoms with Crippen molar-refractivity contribution in [3.05, 3.63) is 36.5 Å². The van der Waals surface area contributed by atoms with Gasteiger partial charge in [-0.3, -0.25) is 0 Å². The molecule has 0 aliphatic carbocycles. The molecule has 25 heavy (non-hydrogen) atoms. The fourth-order valence-corrected chi connectivity index (χ4v) is 3.43. The topological polar surface area (TPSA) is 44.3 Å². The zero-order valence-corrected chi connectivity index (χ0v) is 15.6. The van der Waals surface area contributed by atoms with Gasteiger partial charge in [-0.1, -0.05) is 6.92 Å². The molecule has 1 atom stereocenters. The molecule has 0 saturated carbocycles. The molecule has 0 radical (unpaired) electrons. The van der Waals surface area contributed by atoms with Gasteiger partial charge < -0.3 is 15.1 Å². The third-order valence-electron chi connectivity index (χ3n) is 4.85. The summed E-state index contributed by atoms with van der Waals surface area (Å²) in [5, 5.41) is 3.40. The summed E-state index contributed by atoms with van der Waals surface area (Å²) in [6.45, 7) is 10.8. The normalized spacial score (nSPS) is 17.4. The van der Waals surface area contributed by atoms with Crippen LogP contribution in [0.15, 0.2) is 36.5 Å². The highest BCUT2D eigenvalue weighted by Gasteiger charge is 2.18. The number of rotatable bonds is 6. The van der Waals surface area contributed by atoms with Crippen LogP contribution in [-0.2, 0) is 0 Å². The van der Waals surface area contributed by atoms with Crippen molar-refractivity contribution in [1.29, 1.82) is 0 Å². The Kier molecular flexibility index (Phi) is 5.74. The van der Waals surface area contributed by atoms with Gasteiger partial charge in [0.2, 0.25) is 5.95 Å². The van der Waals surface area contributed by atoms with E-state index >= 15 is 0 Å². The van der Waals surface area contributed by atoms with Crippen LogP contribution in [-0.4, -0.2) is 36.1 Å². The molecular formula is C20H29N5. The number of piperidine rings is 1. The van der Waals surface area contributed by atoms with Gasteiger partial charge >= 0.3 is 0 Å². The Balaban J connectivity index is 1.69. The third kappa shape index (κ3) is 4.41. The number of aromatic nitrogens is 2. The monoisotopic (exact) mass is 339 g/mol. The maximum absolute atomic E-state index is 4.71. The van der Waals surface area contributed by atoms with Crippen molar-refractivity contribution >= 4 is 23.1 Å². The Labute approximate surface area is 151 Å². The van der Waals surface area contributed by atoms with E-state index in [1.165, 1.54) is 18.5 Å². The van der Waals surface area contributed by atoms with Gasteiger partial charge in [0, 0.05) is 43.8 Å². The van der Waals surface area contributed by atoms with Crippen LogP contribution in [0.25, 0.3) is 0 Å². The van der Waals surface area contributed by atoms with Crippen LogP contribution in [0.1, 0.15) is 33.6 Å². The van der Waals surface area contributed by atoms with E-state index in [1.807, 2.05) is 12.3 Å². The van der Waals surface area contributed by atoms with E-state index < -0.39 is 0 Å². The predicted octanol–water partition coefficient (Wildman–Crippen LogP) is 4.30. The van der Waals surface area contributed by atoms with E-state index in [4.69, 9.17) is 4.98 Å². The van der Waals surface area contributed by atoms with Crippen LogP contribution < -0.4 is 15.1 Å². The Morgan fingerprint density at radius 1 is 1.16 bits per heavy atom. The first kappa shape index (κ1) is 17.5. The first-order chi connectivity index (χ1) is 12.2. The fraction of sp³-hybridized carbons (Fsp3) is 0.500. The molecule has 1 unspecified atom stereocenters. The standard InChI is InChI=1S/C20H29N5/c1-4-24(5-2)18-10-8-17(9-11-18)22-19-12-13-21-20(23-19)25-14-6-7-16(3)15-25/h8-13,16H,4-7,14-15H2,1-3H3,(H,21,22,23). The van der Waals surface area contributed by atoms with Gasteiger partial charge in [0.1, 0.15) is 5.82 Å². The molecule has 5 heteroatoms. The SMILES string of the molecule is CCN(CC)c1ccc(Nc2ccnc(N3CCCC(C)C3)n2)cc1. The number of hydrogen-bond acceptors (Lipinski definition) is 5. The molecule has 0 amide bonds. The van der Waals surface area contributed by atoms with E-state index in [0.29, 0.717) is 5.92 Å². The van der Waals surface area contributed by atoms with Gasteiger partial charge in [-0.05, 0) is 62.9 Å². The molecule has 2 heterocycles. The highest BCUT2D eigenvalue weighted by Crippen LogP contribution is 2.23. The van der Waals surface area contributed by atoms with E-state index in [9.17, 15) is 0 Å². The summed E-state index contributed by atoms with van der Waals surface area (Å²) >= 11 is 0. The minimum absolute atomic E-state index is 0.710. The zero-order valence-electron chi connectivity index (χ0n) is 15.6. The number of hydrogen-bond donors (Lipinski definition) is 1. The largest absolute Gasteiger partial charge is 0.372 e.